The first-order chi connectivity index (χ1) is 8.22. The molecule has 0 fully saturated rings. The molecular weight excluding hydrogens is 228 g/mol. The van der Waals surface area contributed by atoms with Crippen molar-refractivity contribution in [3.05, 3.63) is 46.3 Å². The van der Waals surface area contributed by atoms with E-state index in [2.05, 4.69) is 19.8 Å². The van der Waals surface area contributed by atoms with Crippen molar-refractivity contribution >= 4 is 5.84 Å². The van der Waals surface area contributed by atoms with Gasteiger partial charge in [0, 0.05) is 5.56 Å². The van der Waals surface area contributed by atoms with Crippen molar-refractivity contribution < 1.29 is 14.7 Å². The van der Waals surface area contributed by atoms with Crippen LogP contribution in [0.25, 0.3) is 11.4 Å². The van der Waals surface area contributed by atoms with E-state index in [0.717, 1.165) is 0 Å². The second-order valence-corrected chi connectivity index (χ2v) is 2.97. The van der Waals surface area contributed by atoms with Gasteiger partial charge in [-0.1, -0.05) is 35.5 Å². The number of hydrogen-bond donors (Lipinski definition) is 1. The van der Waals surface area contributed by atoms with Crippen LogP contribution in [0.1, 0.15) is 5.89 Å². The molecule has 0 amide bonds. The zero-order valence-electron chi connectivity index (χ0n) is 8.35. The number of rotatable bonds is 2. The van der Waals surface area contributed by atoms with Crippen molar-refractivity contribution in [2.75, 3.05) is 0 Å². The SMILES string of the molecule is O=[N+]([O-])C(=NO)c1nc(-c2ccccc2)no1. The minimum absolute atomic E-state index is 0.184. The van der Waals surface area contributed by atoms with Crippen molar-refractivity contribution in [3.8, 4) is 11.4 Å². The van der Waals surface area contributed by atoms with Crippen LogP contribution in [0, 0.1) is 10.1 Å². The van der Waals surface area contributed by atoms with Gasteiger partial charge in [0.25, 0.3) is 0 Å². The number of oxime groups is 1. The minimum atomic E-state index is -0.914. The zero-order chi connectivity index (χ0) is 12.3. The topological polar surface area (TPSA) is 115 Å². The molecule has 86 valence electrons. The van der Waals surface area contributed by atoms with Gasteiger partial charge in [-0.15, -0.1) is 0 Å². The average molecular weight is 234 g/mol. The van der Waals surface area contributed by atoms with Crippen molar-refractivity contribution in [3.63, 3.8) is 0 Å². The molecule has 17 heavy (non-hydrogen) atoms. The van der Waals surface area contributed by atoms with Gasteiger partial charge in [0.1, 0.15) is 0 Å². The van der Waals surface area contributed by atoms with E-state index in [4.69, 9.17) is 5.21 Å². The Morgan fingerprint density at radius 3 is 2.71 bits per heavy atom. The number of benzene rings is 1. The van der Waals surface area contributed by atoms with Crippen LogP contribution in [-0.4, -0.2) is 26.1 Å². The fourth-order valence-electron chi connectivity index (χ4n) is 1.18. The smallest absolute Gasteiger partial charge is 0.358 e. The summed E-state index contributed by atoms with van der Waals surface area (Å²) in [5, 5.41) is 25.0. The molecule has 1 N–H and O–H groups in total. The second-order valence-electron chi connectivity index (χ2n) is 2.97. The molecular formula is C9H6N4O4. The molecule has 0 saturated heterocycles. The third-order valence-corrected chi connectivity index (χ3v) is 1.92. The molecule has 1 aromatic heterocycles. The van der Waals surface area contributed by atoms with Crippen LogP contribution in [0.5, 0.6) is 0 Å². The Morgan fingerprint density at radius 1 is 1.41 bits per heavy atom. The first-order valence-corrected chi connectivity index (χ1v) is 4.48. The summed E-state index contributed by atoms with van der Waals surface area (Å²) < 4.78 is 4.64. The summed E-state index contributed by atoms with van der Waals surface area (Å²) in [6.45, 7) is 0. The van der Waals surface area contributed by atoms with Crippen LogP contribution in [0.3, 0.4) is 0 Å². The van der Waals surface area contributed by atoms with Gasteiger partial charge >= 0.3 is 11.7 Å². The highest BCUT2D eigenvalue weighted by Crippen LogP contribution is 2.15. The Balaban J connectivity index is 2.37. The molecule has 0 saturated carbocycles. The lowest BCUT2D eigenvalue weighted by Gasteiger charge is -1.90. The van der Waals surface area contributed by atoms with Crippen LogP contribution >= 0.6 is 0 Å². The molecule has 0 aliphatic rings. The average Bonchev–Trinajstić information content (AvgIpc) is 2.80. The predicted octanol–water partition coefficient (Wildman–Crippen LogP) is 1.15. The van der Waals surface area contributed by atoms with Gasteiger partial charge in [-0.2, -0.15) is 4.98 Å². The van der Waals surface area contributed by atoms with Crippen molar-refractivity contribution in [2.45, 2.75) is 0 Å². The summed E-state index contributed by atoms with van der Waals surface area (Å²) in [5.41, 5.74) is 0.642. The molecule has 0 radical (unpaired) electrons. The summed E-state index contributed by atoms with van der Waals surface area (Å²) in [5.74, 6) is -1.15. The molecule has 2 rings (SSSR count). The van der Waals surface area contributed by atoms with Gasteiger partial charge in [0.05, 0.1) is 0 Å². The Kier molecular flexibility index (Phi) is 2.77. The predicted molar refractivity (Wildman–Crippen MR) is 55.1 cm³/mol. The molecule has 0 aliphatic heterocycles. The van der Waals surface area contributed by atoms with E-state index in [1.165, 1.54) is 0 Å². The fraction of sp³-hybridized carbons (Fsp3) is 0. The van der Waals surface area contributed by atoms with E-state index in [9.17, 15) is 10.1 Å². The van der Waals surface area contributed by atoms with Crippen molar-refractivity contribution in [1.82, 2.24) is 10.1 Å². The quantitative estimate of drug-likeness (QED) is 0.274. The molecule has 1 aromatic carbocycles. The van der Waals surface area contributed by atoms with E-state index in [-0.39, 0.29) is 5.82 Å². The van der Waals surface area contributed by atoms with Gasteiger partial charge in [-0.25, -0.2) is 0 Å². The van der Waals surface area contributed by atoms with Crippen molar-refractivity contribution in [2.24, 2.45) is 5.16 Å². The largest absolute Gasteiger partial charge is 0.474 e. The van der Waals surface area contributed by atoms with E-state index < -0.39 is 16.6 Å². The third kappa shape index (κ3) is 2.09. The zero-order valence-corrected chi connectivity index (χ0v) is 8.35. The number of aromatic nitrogens is 2. The lowest BCUT2D eigenvalue weighted by Crippen LogP contribution is -2.13. The molecule has 0 bridgehead atoms. The molecule has 0 atom stereocenters. The van der Waals surface area contributed by atoms with E-state index in [1.54, 1.807) is 24.3 Å². The highest BCUT2D eigenvalue weighted by molar-refractivity contribution is 5.87. The highest BCUT2D eigenvalue weighted by atomic mass is 16.6. The van der Waals surface area contributed by atoms with Crippen LogP contribution in [0.4, 0.5) is 0 Å². The number of amidine groups is 1. The lowest BCUT2D eigenvalue weighted by atomic mass is 10.2. The first kappa shape index (κ1) is 10.7. The summed E-state index contributed by atoms with van der Waals surface area (Å²) in [6, 6.07) is 8.77. The van der Waals surface area contributed by atoms with Crippen LogP contribution in [0.15, 0.2) is 40.0 Å². The summed E-state index contributed by atoms with van der Waals surface area (Å²) >= 11 is 0. The summed E-state index contributed by atoms with van der Waals surface area (Å²) in [4.78, 5) is 13.3. The minimum Gasteiger partial charge on any atom is -0.358 e. The highest BCUT2D eigenvalue weighted by Gasteiger charge is 2.25. The van der Waals surface area contributed by atoms with Crippen molar-refractivity contribution in [1.29, 1.82) is 0 Å². The normalized spacial score (nSPS) is 11.4. The van der Waals surface area contributed by atoms with E-state index in [0.29, 0.717) is 5.56 Å². The molecule has 8 heteroatoms. The van der Waals surface area contributed by atoms with Crippen LogP contribution < -0.4 is 0 Å². The van der Waals surface area contributed by atoms with E-state index in [1.807, 2.05) is 6.07 Å². The molecule has 2 aromatic rings. The van der Waals surface area contributed by atoms with Crippen LogP contribution in [-0.2, 0) is 0 Å². The molecule has 8 nitrogen and oxygen atoms in total. The molecule has 0 spiro atoms. The Labute approximate surface area is 94.3 Å². The lowest BCUT2D eigenvalue weighted by molar-refractivity contribution is -0.352. The maximum absolute atomic E-state index is 10.5. The van der Waals surface area contributed by atoms with E-state index >= 15 is 0 Å². The Bertz CT molecular complexity index is 563. The molecule has 0 aliphatic carbocycles. The van der Waals surface area contributed by atoms with Gasteiger partial charge in [-0.05, 0) is 4.92 Å². The Morgan fingerprint density at radius 2 is 2.12 bits per heavy atom. The number of nitrogens with zero attached hydrogens (tertiary/aromatic N) is 4. The number of nitro groups is 1. The van der Waals surface area contributed by atoms with Gasteiger partial charge in [0.2, 0.25) is 5.82 Å². The number of hydrogen-bond acceptors (Lipinski definition) is 7. The maximum atomic E-state index is 10.5. The summed E-state index contributed by atoms with van der Waals surface area (Å²) in [7, 11) is 0. The van der Waals surface area contributed by atoms with Gasteiger partial charge in [-0.3, -0.25) is 0 Å². The monoisotopic (exact) mass is 234 g/mol. The van der Waals surface area contributed by atoms with Gasteiger partial charge in [0.15, 0.2) is 5.16 Å². The maximum Gasteiger partial charge on any atom is 0.474 e. The first-order valence-electron chi connectivity index (χ1n) is 4.48. The molecule has 1 heterocycles. The molecule has 0 unspecified atom stereocenters. The Hall–Kier alpha value is -2.77. The van der Waals surface area contributed by atoms with Crippen LogP contribution in [0.2, 0.25) is 0 Å². The standard InChI is InChI=1S/C9H6N4O4/c14-11-8(13(15)16)9-10-7(12-17-9)6-4-2-1-3-5-6/h1-5,14H. The summed E-state index contributed by atoms with van der Waals surface area (Å²) in [6.07, 6.45) is 0. The van der Waals surface area contributed by atoms with Gasteiger partial charge < -0.3 is 19.8 Å². The fourth-order valence-corrected chi connectivity index (χ4v) is 1.18. The third-order valence-electron chi connectivity index (χ3n) is 1.92. The second kappa shape index (κ2) is 4.39.